The highest BCUT2D eigenvalue weighted by atomic mass is 16.5. The van der Waals surface area contributed by atoms with E-state index in [1.165, 1.54) is 0 Å². The zero-order valence-corrected chi connectivity index (χ0v) is 9.93. The zero-order valence-electron chi connectivity index (χ0n) is 9.93. The first-order chi connectivity index (χ1) is 8.76. The molecule has 2 aromatic rings. The quantitative estimate of drug-likeness (QED) is 0.509. The van der Waals surface area contributed by atoms with Gasteiger partial charge in [-0.2, -0.15) is 5.26 Å². The number of hydrogen-bond donors (Lipinski definition) is 1. The third-order valence-corrected chi connectivity index (χ3v) is 2.54. The predicted octanol–water partition coefficient (Wildman–Crippen LogP) is 2.64. The van der Waals surface area contributed by atoms with E-state index in [0.29, 0.717) is 0 Å². The van der Waals surface area contributed by atoms with E-state index in [4.69, 9.17) is 10.00 Å². The van der Waals surface area contributed by atoms with Gasteiger partial charge in [-0.1, -0.05) is 12.1 Å². The van der Waals surface area contributed by atoms with Crippen molar-refractivity contribution < 1.29 is 9.53 Å². The first-order valence-corrected chi connectivity index (χ1v) is 5.61. The van der Waals surface area contributed by atoms with Gasteiger partial charge < -0.3 is 9.72 Å². The van der Waals surface area contributed by atoms with Crippen molar-refractivity contribution in [2.45, 2.75) is 6.92 Å². The van der Waals surface area contributed by atoms with Gasteiger partial charge in [0.15, 0.2) is 0 Å². The molecule has 0 aliphatic rings. The van der Waals surface area contributed by atoms with E-state index in [9.17, 15) is 4.79 Å². The highest BCUT2D eigenvalue weighted by molar-refractivity contribution is 6.00. The van der Waals surface area contributed by atoms with Crippen LogP contribution in [0.25, 0.3) is 17.0 Å². The van der Waals surface area contributed by atoms with Crippen molar-refractivity contribution in [1.29, 1.82) is 5.26 Å². The number of rotatable bonds is 3. The summed E-state index contributed by atoms with van der Waals surface area (Å²) in [5.74, 6) is -0.590. The third kappa shape index (κ3) is 2.25. The van der Waals surface area contributed by atoms with Crippen LogP contribution in [0.3, 0.4) is 0 Å². The Morgan fingerprint density at radius 1 is 1.50 bits per heavy atom. The minimum absolute atomic E-state index is 0.00514. The molecule has 90 valence electrons. The number of hydrogen-bond acceptors (Lipinski definition) is 3. The Morgan fingerprint density at radius 3 is 3.06 bits per heavy atom. The largest absolute Gasteiger partial charge is 0.462 e. The number of carbonyl (C=O) groups is 1. The zero-order chi connectivity index (χ0) is 13.0. The van der Waals surface area contributed by atoms with Crippen molar-refractivity contribution in [3.8, 4) is 6.07 Å². The topological polar surface area (TPSA) is 65.9 Å². The van der Waals surface area contributed by atoms with Gasteiger partial charge in [0.05, 0.1) is 6.61 Å². The fraction of sp³-hybridized carbons (Fsp3) is 0.143. The summed E-state index contributed by atoms with van der Waals surface area (Å²) >= 11 is 0. The lowest BCUT2D eigenvalue weighted by atomic mass is 10.1. The summed E-state index contributed by atoms with van der Waals surface area (Å²) in [5.41, 5.74) is 1.79. The molecule has 4 heteroatoms. The molecule has 0 radical (unpaired) electrons. The Kier molecular flexibility index (Phi) is 3.44. The van der Waals surface area contributed by atoms with Crippen molar-refractivity contribution >= 4 is 22.9 Å². The molecule has 1 N–H and O–H groups in total. The molecule has 0 aliphatic heterocycles. The normalized spacial score (nSPS) is 11.2. The summed E-state index contributed by atoms with van der Waals surface area (Å²) < 4.78 is 4.82. The molecule has 0 bridgehead atoms. The number of H-pyrrole nitrogens is 1. The Labute approximate surface area is 104 Å². The van der Waals surface area contributed by atoms with Gasteiger partial charge in [-0.3, -0.25) is 0 Å². The van der Waals surface area contributed by atoms with Gasteiger partial charge in [0.25, 0.3) is 0 Å². The van der Waals surface area contributed by atoms with Crippen LogP contribution in [0, 0.1) is 11.3 Å². The van der Waals surface area contributed by atoms with Crippen LogP contribution in [0.4, 0.5) is 0 Å². The third-order valence-electron chi connectivity index (χ3n) is 2.54. The summed E-state index contributed by atoms with van der Waals surface area (Å²) in [7, 11) is 0. The first kappa shape index (κ1) is 11.9. The molecule has 0 amide bonds. The monoisotopic (exact) mass is 240 g/mol. The molecule has 0 fully saturated rings. The van der Waals surface area contributed by atoms with E-state index in [-0.39, 0.29) is 12.2 Å². The van der Waals surface area contributed by atoms with Crippen molar-refractivity contribution in [2.75, 3.05) is 6.61 Å². The number of benzene rings is 1. The molecule has 2 rings (SSSR count). The van der Waals surface area contributed by atoms with Crippen LogP contribution in [0.15, 0.2) is 36.0 Å². The molecule has 0 atom stereocenters. The number of aromatic nitrogens is 1. The summed E-state index contributed by atoms with van der Waals surface area (Å²) in [4.78, 5) is 14.6. The predicted molar refractivity (Wildman–Crippen MR) is 68.5 cm³/mol. The number of nitrogens with one attached hydrogen (secondary N) is 1. The van der Waals surface area contributed by atoms with Gasteiger partial charge in [0.1, 0.15) is 11.6 Å². The van der Waals surface area contributed by atoms with Gasteiger partial charge >= 0.3 is 5.97 Å². The minimum Gasteiger partial charge on any atom is -0.462 e. The number of esters is 1. The molecule has 4 nitrogen and oxygen atoms in total. The highest BCUT2D eigenvalue weighted by Gasteiger charge is 2.10. The molecule has 0 aliphatic carbocycles. The summed E-state index contributed by atoms with van der Waals surface area (Å²) in [6.45, 7) is 1.96. The summed E-state index contributed by atoms with van der Waals surface area (Å²) in [5, 5.41) is 9.95. The standard InChI is InChI=1S/C14H12N2O2/c1-2-18-14(17)11(9-15)8-10-4-3-5-13-12(10)6-7-16-13/h3-8,16H,2H2,1H3. The van der Waals surface area contributed by atoms with Crippen molar-refractivity contribution in [2.24, 2.45) is 0 Å². The lowest BCUT2D eigenvalue weighted by Gasteiger charge is -2.01. The second-order valence-corrected chi connectivity index (χ2v) is 3.68. The second-order valence-electron chi connectivity index (χ2n) is 3.68. The number of nitrogens with zero attached hydrogens (tertiary/aromatic N) is 1. The number of fused-ring (bicyclic) bond motifs is 1. The van der Waals surface area contributed by atoms with Crippen LogP contribution >= 0.6 is 0 Å². The smallest absolute Gasteiger partial charge is 0.348 e. The van der Waals surface area contributed by atoms with E-state index in [2.05, 4.69) is 4.98 Å². The molecule has 18 heavy (non-hydrogen) atoms. The minimum atomic E-state index is -0.590. The average molecular weight is 240 g/mol. The van der Waals surface area contributed by atoms with Crippen LogP contribution in [0.2, 0.25) is 0 Å². The highest BCUT2D eigenvalue weighted by Crippen LogP contribution is 2.20. The molecular weight excluding hydrogens is 228 g/mol. The van der Waals surface area contributed by atoms with E-state index < -0.39 is 5.97 Å². The second kappa shape index (κ2) is 5.19. The molecule has 1 heterocycles. The number of ether oxygens (including phenoxy) is 1. The lowest BCUT2D eigenvalue weighted by Crippen LogP contribution is -2.05. The van der Waals surface area contributed by atoms with Crippen molar-refractivity contribution in [3.05, 3.63) is 41.6 Å². The lowest BCUT2D eigenvalue weighted by molar-refractivity contribution is -0.137. The Morgan fingerprint density at radius 2 is 2.33 bits per heavy atom. The fourth-order valence-corrected chi connectivity index (χ4v) is 1.74. The molecule has 1 aromatic carbocycles. The van der Waals surface area contributed by atoms with E-state index in [1.807, 2.05) is 36.5 Å². The number of nitriles is 1. The van der Waals surface area contributed by atoms with E-state index >= 15 is 0 Å². The maximum atomic E-state index is 11.5. The summed E-state index contributed by atoms with van der Waals surface area (Å²) in [6, 6.07) is 9.43. The van der Waals surface area contributed by atoms with Crippen molar-refractivity contribution in [1.82, 2.24) is 4.98 Å². The van der Waals surface area contributed by atoms with Crippen LogP contribution < -0.4 is 0 Å². The maximum Gasteiger partial charge on any atom is 0.348 e. The van der Waals surface area contributed by atoms with Gasteiger partial charge in [0.2, 0.25) is 0 Å². The van der Waals surface area contributed by atoms with Gasteiger partial charge in [-0.15, -0.1) is 0 Å². The number of carbonyl (C=O) groups excluding carboxylic acids is 1. The van der Waals surface area contributed by atoms with Gasteiger partial charge in [-0.25, -0.2) is 4.79 Å². The fourth-order valence-electron chi connectivity index (χ4n) is 1.74. The molecule has 1 aromatic heterocycles. The van der Waals surface area contributed by atoms with E-state index in [1.54, 1.807) is 13.0 Å². The molecule has 0 unspecified atom stereocenters. The molecular formula is C14H12N2O2. The van der Waals surface area contributed by atoms with Crippen LogP contribution in [-0.4, -0.2) is 17.6 Å². The number of aromatic amines is 1. The maximum absolute atomic E-state index is 11.5. The Balaban J connectivity index is 2.45. The van der Waals surface area contributed by atoms with Crippen LogP contribution in [-0.2, 0) is 9.53 Å². The molecule has 0 saturated heterocycles. The van der Waals surface area contributed by atoms with Gasteiger partial charge in [-0.05, 0) is 30.7 Å². The Bertz CT molecular complexity index is 647. The van der Waals surface area contributed by atoms with Crippen LogP contribution in [0.5, 0.6) is 0 Å². The summed E-state index contributed by atoms with van der Waals surface area (Å²) in [6.07, 6.45) is 3.37. The Hall–Kier alpha value is -2.54. The molecule has 0 spiro atoms. The first-order valence-electron chi connectivity index (χ1n) is 5.61. The van der Waals surface area contributed by atoms with Crippen molar-refractivity contribution in [3.63, 3.8) is 0 Å². The average Bonchev–Trinajstić information content (AvgIpc) is 2.85. The SMILES string of the molecule is CCOC(=O)C(C#N)=Cc1cccc2[nH]ccc12. The van der Waals surface area contributed by atoms with Crippen LogP contribution in [0.1, 0.15) is 12.5 Å². The molecule has 0 saturated carbocycles. The van der Waals surface area contributed by atoms with Gasteiger partial charge in [0, 0.05) is 17.1 Å². The van der Waals surface area contributed by atoms with E-state index in [0.717, 1.165) is 16.5 Å².